The number of ketones is 2. The van der Waals surface area contributed by atoms with Gasteiger partial charge >= 0.3 is 18.3 Å². The number of benzene rings is 3. The molecule has 3 aromatic carbocycles. The van der Waals surface area contributed by atoms with Crippen LogP contribution in [0.1, 0.15) is 128 Å². The zero-order valence-corrected chi connectivity index (χ0v) is 44.2. The number of rotatable bonds is 8. The van der Waals surface area contributed by atoms with Gasteiger partial charge in [-0.2, -0.15) is 4.90 Å². The number of amides is 2. The number of hydrogen-bond acceptors (Lipinski definition) is 15. The van der Waals surface area contributed by atoms with Crippen LogP contribution in [0.3, 0.4) is 0 Å². The van der Waals surface area contributed by atoms with Gasteiger partial charge in [-0.15, -0.1) is 0 Å². The molecule has 3 aliphatic rings. The van der Waals surface area contributed by atoms with E-state index in [4.69, 9.17) is 32.6 Å². The molecule has 0 bridgehead atoms. The van der Waals surface area contributed by atoms with Crippen LogP contribution in [0.5, 0.6) is 11.6 Å². The van der Waals surface area contributed by atoms with Crippen molar-refractivity contribution in [2.45, 2.75) is 149 Å². The standard InChI is InChI=1S/C53H67N3O13Si/c1-49(2,3)65-46(60)56(47(61)66-50(4,5)6)33-22-23-34-30(26-33)24-31-25-32-27-35-39(55(13)14)42-38(45(54-68-42)63-28-29-20-18-17-19-21-29)44(59)53(35,69-70(15,16)52(10,11)12)43(58)37(32)40(57)36(31)41(34)64-48(62)67-51(7,8)9/h17-24,26,32,35,39,57H,25,27-28H2,1-16H3/t32-,35-,39-,53-/m0/s1. The molecule has 70 heavy (non-hydrogen) atoms. The largest absolute Gasteiger partial charge is 0.514 e. The maximum Gasteiger partial charge on any atom is 0.514 e. The van der Waals surface area contributed by atoms with Crippen molar-refractivity contribution in [2.24, 2.45) is 11.8 Å². The Kier molecular flexibility index (Phi) is 13.3. The maximum absolute atomic E-state index is 16.1. The SMILES string of the molecule is CN(C)[C@@H]1c2onc(OCc3ccccc3)c2C(=O)[C@@]2(O[Si](C)(C)C(C)(C)C)C(=O)C3=C(O)c4c(cc5cc(N(C(=O)OC(C)(C)C)C(=O)OC(C)(C)C)ccc5c4OC(=O)OC(C)(C)C)C[C@H]3C[C@@H]12. The number of hydrogen-bond donors (Lipinski definition) is 1. The van der Waals surface area contributed by atoms with Crippen molar-refractivity contribution in [2.75, 3.05) is 19.0 Å². The molecule has 0 radical (unpaired) electrons. The second-order valence-electron chi connectivity index (χ2n) is 23.2. The second kappa shape index (κ2) is 18.0. The van der Waals surface area contributed by atoms with E-state index in [0.717, 1.165) is 10.5 Å². The van der Waals surface area contributed by atoms with Crippen molar-refractivity contribution in [3.05, 3.63) is 88.2 Å². The molecule has 4 atom stereocenters. The van der Waals surface area contributed by atoms with Gasteiger partial charge in [0.2, 0.25) is 11.6 Å². The Balaban J connectivity index is 1.45. The average Bonchev–Trinajstić information content (AvgIpc) is 3.62. The molecule has 0 spiro atoms. The molecule has 1 aromatic heterocycles. The quantitative estimate of drug-likeness (QED) is 0.0575. The van der Waals surface area contributed by atoms with Crippen LogP contribution in [-0.2, 0) is 36.5 Å². The lowest BCUT2D eigenvalue weighted by molar-refractivity contribution is -0.140. The minimum atomic E-state index is -3.06. The van der Waals surface area contributed by atoms with Crippen LogP contribution in [-0.4, -0.2) is 89.9 Å². The predicted octanol–water partition coefficient (Wildman–Crippen LogP) is 11.7. The molecule has 0 saturated heterocycles. The third-order valence-electron chi connectivity index (χ3n) is 13.1. The normalized spacial score (nSPS) is 20.6. The summed E-state index contributed by atoms with van der Waals surface area (Å²) < 4.78 is 42.5. The summed E-state index contributed by atoms with van der Waals surface area (Å²) in [7, 11) is 0.607. The monoisotopic (exact) mass is 981 g/mol. The van der Waals surface area contributed by atoms with Crippen molar-refractivity contribution in [1.29, 1.82) is 0 Å². The molecule has 3 aliphatic carbocycles. The minimum absolute atomic E-state index is 0.00440. The Morgan fingerprint density at radius 2 is 1.41 bits per heavy atom. The third kappa shape index (κ3) is 9.84. The first-order valence-electron chi connectivity index (χ1n) is 23.6. The summed E-state index contributed by atoms with van der Waals surface area (Å²) in [5.41, 5.74) is -3.76. The van der Waals surface area contributed by atoms with Crippen LogP contribution in [0.25, 0.3) is 16.5 Å². The van der Waals surface area contributed by atoms with Crippen molar-refractivity contribution in [3.8, 4) is 11.6 Å². The van der Waals surface area contributed by atoms with Gasteiger partial charge in [-0.05, 0) is 153 Å². The molecule has 1 fully saturated rings. The van der Waals surface area contributed by atoms with E-state index in [-0.39, 0.29) is 64.6 Å². The molecule has 0 aliphatic heterocycles. The number of carbonyl (C=O) groups excluding carboxylic acids is 5. The van der Waals surface area contributed by atoms with Crippen molar-refractivity contribution in [1.82, 2.24) is 10.1 Å². The van der Waals surface area contributed by atoms with Gasteiger partial charge < -0.3 is 37.7 Å². The minimum Gasteiger partial charge on any atom is -0.507 e. The van der Waals surface area contributed by atoms with Crippen LogP contribution in [0.4, 0.5) is 20.1 Å². The lowest BCUT2D eigenvalue weighted by atomic mass is 9.57. The number of aliphatic hydroxyl groups excluding tert-OH is 1. The molecule has 0 unspecified atom stereocenters. The summed E-state index contributed by atoms with van der Waals surface area (Å²) in [5, 5.41) is 17.3. The highest BCUT2D eigenvalue weighted by atomic mass is 28.4. The summed E-state index contributed by atoms with van der Waals surface area (Å²) in [6.45, 7) is 25.1. The van der Waals surface area contributed by atoms with E-state index in [1.807, 2.05) is 83.2 Å². The number of fused-ring (bicyclic) bond motifs is 5. The van der Waals surface area contributed by atoms with Gasteiger partial charge in [-0.3, -0.25) is 14.5 Å². The summed E-state index contributed by atoms with van der Waals surface area (Å²) in [5.74, 6) is -3.41. The summed E-state index contributed by atoms with van der Waals surface area (Å²) in [6.07, 6.45) is -2.77. The molecular weight excluding hydrogens is 915 g/mol. The second-order valence-corrected chi connectivity index (χ2v) is 27.9. The highest BCUT2D eigenvalue weighted by molar-refractivity contribution is 6.74. The first-order valence-corrected chi connectivity index (χ1v) is 26.5. The molecule has 7 rings (SSSR count). The van der Waals surface area contributed by atoms with E-state index in [1.165, 1.54) is 12.1 Å². The Labute approximate surface area is 410 Å². The highest BCUT2D eigenvalue weighted by Gasteiger charge is 2.69. The van der Waals surface area contributed by atoms with Crippen molar-refractivity contribution in [3.63, 3.8) is 0 Å². The molecule has 1 heterocycles. The molecule has 16 nitrogen and oxygen atoms in total. The average molecular weight is 982 g/mol. The van der Waals surface area contributed by atoms with Gasteiger partial charge in [0.25, 0.3) is 5.88 Å². The van der Waals surface area contributed by atoms with Gasteiger partial charge in [0.05, 0.1) is 17.3 Å². The van der Waals surface area contributed by atoms with Crippen LogP contribution in [0, 0.1) is 11.8 Å². The number of Topliss-reactive ketones (excluding diaryl/α,β-unsaturated/α-hetero) is 2. The first-order chi connectivity index (χ1) is 32.2. The predicted molar refractivity (Wildman–Crippen MR) is 265 cm³/mol. The summed E-state index contributed by atoms with van der Waals surface area (Å²) >= 11 is 0. The van der Waals surface area contributed by atoms with Gasteiger partial charge in [-0.1, -0.05) is 57.2 Å². The molecular formula is C53H67N3O13Si. The van der Waals surface area contributed by atoms with E-state index in [2.05, 4.69) is 5.16 Å². The summed E-state index contributed by atoms with van der Waals surface area (Å²) in [6, 6.07) is 14.9. The smallest absolute Gasteiger partial charge is 0.507 e. The molecule has 4 aromatic rings. The van der Waals surface area contributed by atoms with Gasteiger partial charge in [0.1, 0.15) is 34.7 Å². The Bertz CT molecular complexity index is 2760. The lowest BCUT2D eigenvalue weighted by Crippen LogP contribution is -2.68. The summed E-state index contributed by atoms with van der Waals surface area (Å²) in [4.78, 5) is 75.8. The number of imide groups is 1. The fourth-order valence-electron chi connectivity index (χ4n) is 9.20. The molecule has 1 saturated carbocycles. The van der Waals surface area contributed by atoms with Crippen molar-refractivity contribution < 1.29 is 61.7 Å². The molecule has 17 heteroatoms. The van der Waals surface area contributed by atoms with Crippen molar-refractivity contribution >= 4 is 60.4 Å². The van der Waals surface area contributed by atoms with Crippen LogP contribution in [0.15, 0.2) is 64.7 Å². The maximum atomic E-state index is 16.1. The number of carbonyl (C=O) groups is 5. The lowest BCUT2D eigenvalue weighted by Gasteiger charge is -2.55. The number of anilines is 1. The molecule has 1 N–H and O–H groups in total. The number of aliphatic hydroxyl groups is 1. The fourth-order valence-corrected chi connectivity index (χ4v) is 10.6. The van der Waals surface area contributed by atoms with Gasteiger partial charge in [0.15, 0.2) is 25.4 Å². The van der Waals surface area contributed by atoms with E-state index >= 15 is 9.59 Å². The Morgan fingerprint density at radius 3 is 1.97 bits per heavy atom. The third-order valence-corrected chi connectivity index (χ3v) is 17.5. The highest BCUT2D eigenvalue weighted by Crippen LogP contribution is 2.59. The van der Waals surface area contributed by atoms with E-state index in [9.17, 15) is 19.5 Å². The van der Waals surface area contributed by atoms with Crippen LogP contribution < -0.4 is 14.4 Å². The number of nitrogens with zero attached hydrogens (tertiary/aromatic N) is 3. The number of aromatic nitrogens is 1. The Hall–Kier alpha value is -6.04. The van der Waals surface area contributed by atoms with Crippen LogP contribution in [0.2, 0.25) is 18.1 Å². The topological polar surface area (TPSA) is 193 Å². The fraction of sp³-hybridized carbons (Fsp3) is 0.509. The van der Waals surface area contributed by atoms with Crippen LogP contribution >= 0.6 is 0 Å². The zero-order chi connectivity index (χ0) is 51.8. The molecule has 2 amide bonds. The molecule has 376 valence electrons. The zero-order valence-electron chi connectivity index (χ0n) is 43.2. The van der Waals surface area contributed by atoms with E-state index < -0.39 is 89.3 Å². The Morgan fingerprint density at radius 1 is 0.814 bits per heavy atom. The van der Waals surface area contributed by atoms with E-state index in [1.54, 1.807) is 74.4 Å². The van der Waals surface area contributed by atoms with E-state index in [0.29, 0.717) is 10.9 Å². The van der Waals surface area contributed by atoms with Gasteiger partial charge in [0, 0.05) is 16.9 Å². The number of ether oxygens (including phenoxy) is 5. The first kappa shape index (κ1) is 51.8. The van der Waals surface area contributed by atoms with Gasteiger partial charge in [-0.25, -0.2) is 14.4 Å².